The standard InChI is InChI=1S/C13H20N2O4S/c1-3-8-15(9-10(2)13(16)17)11-4-6-12(7-5-11)20(14,18)19/h4-7,10H,3,8-9H2,1-2H3,(H,16,17)(H2,14,18,19). The van der Waals surface area contributed by atoms with Crippen molar-refractivity contribution in [3.05, 3.63) is 24.3 Å². The molecular formula is C13H20N2O4S. The Kier molecular flexibility index (Phi) is 5.52. The summed E-state index contributed by atoms with van der Waals surface area (Å²) in [5.74, 6) is -1.35. The van der Waals surface area contributed by atoms with Crippen molar-refractivity contribution < 1.29 is 18.3 Å². The first kappa shape index (κ1) is 16.5. The van der Waals surface area contributed by atoms with Gasteiger partial charge in [0.15, 0.2) is 0 Å². The minimum absolute atomic E-state index is 0.0454. The molecule has 20 heavy (non-hydrogen) atoms. The zero-order valence-corrected chi connectivity index (χ0v) is 12.4. The number of sulfonamides is 1. The average molecular weight is 300 g/mol. The number of hydrogen-bond donors (Lipinski definition) is 2. The molecular weight excluding hydrogens is 280 g/mol. The lowest BCUT2D eigenvalue weighted by molar-refractivity contribution is -0.140. The lowest BCUT2D eigenvalue weighted by Gasteiger charge is -2.26. The van der Waals surface area contributed by atoms with Crippen LogP contribution in [-0.2, 0) is 14.8 Å². The monoisotopic (exact) mass is 300 g/mol. The zero-order valence-electron chi connectivity index (χ0n) is 11.6. The molecule has 6 nitrogen and oxygen atoms in total. The number of rotatable bonds is 7. The number of nitrogens with two attached hydrogens (primary N) is 1. The first-order chi connectivity index (χ1) is 9.25. The first-order valence-electron chi connectivity index (χ1n) is 6.36. The lowest BCUT2D eigenvalue weighted by Crippen LogP contribution is -2.32. The second-order valence-corrected chi connectivity index (χ2v) is 6.29. The summed E-state index contributed by atoms with van der Waals surface area (Å²) in [7, 11) is -3.71. The van der Waals surface area contributed by atoms with Crippen molar-refractivity contribution in [3.63, 3.8) is 0 Å². The van der Waals surface area contributed by atoms with Crippen LogP contribution in [0.4, 0.5) is 5.69 Å². The molecule has 1 aromatic rings. The Hall–Kier alpha value is -1.60. The maximum atomic E-state index is 11.2. The molecule has 0 aliphatic heterocycles. The fraction of sp³-hybridized carbons (Fsp3) is 0.462. The van der Waals surface area contributed by atoms with Gasteiger partial charge in [0.1, 0.15) is 0 Å². The van der Waals surface area contributed by atoms with E-state index in [4.69, 9.17) is 10.2 Å². The van der Waals surface area contributed by atoms with Crippen molar-refractivity contribution in [2.24, 2.45) is 11.1 Å². The van der Waals surface area contributed by atoms with Gasteiger partial charge in [0.2, 0.25) is 10.0 Å². The molecule has 0 aromatic heterocycles. The van der Waals surface area contributed by atoms with Crippen LogP contribution in [-0.4, -0.2) is 32.6 Å². The zero-order chi connectivity index (χ0) is 15.3. The van der Waals surface area contributed by atoms with Crippen molar-refractivity contribution in [2.45, 2.75) is 25.2 Å². The molecule has 0 saturated heterocycles. The summed E-state index contributed by atoms with van der Waals surface area (Å²) < 4.78 is 22.4. The van der Waals surface area contributed by atoms with E-state index in [1.54, 1.807) is 19.1 Å². The van der Waals surface area contributed by atoms with Gasteiger partial charge in [0, 0.05) is 18.8 Å². The predicted molar refractivity (Wildman–Crippen MR) is 77.1 cm³/mol. The number of hydrogen-bond acceptors (Lipinski definition) is 4. The summed E-state index contributed by atoms with van der Waals surface area (Å²) in [5.41, 5.74) is 0.785. The molecule has 0 amide bonds. The number of primary sulfonamides is 1. The fourth-order valence-corrected chi connectivity index (χ4v) is 2.37. The van der Waals surface area contributed by atoms with Crippen LogP contribution in [0.1, 0.15) is 20.3 Å². The number of carboxylic acid groups (broad SMARTS) is 1. The van der Waals surface area contributed by atoms with Gasteiger partial charge in [-0.3, -0.25) is 4.79 Å². The van der Waals surface area contributed by atoms with Crippen LogP contribution >= 0.6 is 0 Å². The molecule has 1 rings (SSSR count). The van der Waals surface area contributed by atoms with Gasteiger partial charge in [-0.2, -0.15) is 0 Å². The van der Waals surface area contributed by atoms with Crippen molar-refractivity contribution >= 4 is 21.7 Å². The molecule has 0 bridgehead atoms. The van der Waals surface area contributed by atoms with Crippen molar-refractivity contribution in [2.75, 3.05) is 18.0 Å². The van der Waals surface area contributed by atoms with Gasteiger partial charge in [-0.05, 0) is 30.7 Å². The van der Waals surface area contributed by atoms with Gasteiger partial charge in [-0.1, -0.05) is 13.8 Å². The predicted octanol–water partition coefficient (Wildman–Crippen LogP) is 1.27. The molecule has 0 spiro atoms. The largest absolute Gasteiger partial charge is 0.481 e. The summed E-state index contributed by atoms with van der Waals surface area (Å²) in [6.45, 7) is 4.71. The van der Waals surface area contributed by atoms with Gasteiger partial charge in [-0.15, -0.1) is 0 Å². The van der Waals surface area contributed by atoms with Crippen molar-refractivity contribution in [1.29, 1.82) is 0 Å². The maximum absolute atomic E-state index is 11.2. The van der Waals surface area contributed by atoms with E-state index in [0.717, 1.165) is 12.1 Å². The molecule has 0 radical (unpaired) electrons. The van der Waals surface area contributed by atoms with Crippen LogP contribution in [0.5, 0.6) is 0 Å². The van der Waals surface area contributed by atoms with Gasteiger partial charge >= 0.3 is 5.97 Å². The topological polar surface area (TPSA) is 101 Å². The third-order valence-electron chi connectivity index (χ3n) is 2.94. The van der Waals surface area contributed by atoms with Gasteiger partial charge in [0.25, 0.3) is 0 Å². The van der Waals surface area contributed by atoms with Crippen LogP contribution < -0.4 is 10.0 Å². The fourth-order valence-electron chi connectivity index (χ4n) is 1.85. The van der Waals surface area contributed by atoms with Crippen LogP contribution in [0.25, 0.3) is 0 Å². The van der Waals surface area contributed by atoms with Crippen LogP contribution in [0.3, 0.4) is 0 Å². The van der Waals surface area contributed by atoms with Gasteiger partial charge in [0.05, 0.1) is 10.8 Å². The van der Waals surface area contributed by atoms with E-state index in [2.05, 4.69) is 0 Å². The highest BCUT2D eigenvalue weighted by molar-refractivity contribution is 7.89. The summed E-state index contributed by atoms with van der Waals surface area (Å²) in [5, 5.41) is 14.0. The van der Waals surface area contributed by atoms with Gasteiger partial charge < -0.3 is 10.0 Å². The Labute approximate surface area is 119 Å². The Morgan fingerprint density at radius 1 is 1.35 bits per heavy atom. The van der Waals surface area contributed by atoms with Crippen LogP contribution in [0.15, 0.2) is 29.2 Å². The highest BCUT2D eigenvalue weighted by atomic mass is 32.2. The number of nitrogens with zero attached hydrogens (tertiary/aromatic N) is 1. The maximum Gasteiger partial charge on any atom is 0.308 e. The van der Waals surface area contributed by atoms with E-state index in [1.807, 2.05) is 11.8 Å². The SMILES string of the molecule is CCCN(CC(C)C(=O)O)c1ccc(S(N)(=O)=O)cc1. The molecule has 0 aliphatic carbocycles. The lowest BCUT2D eigenvalue weighted by atomic mass is 10.1. The normalized spacial score (nSPS) is 12.9. The molecule has 0 aliphatic rings. The van der Waals surface area contributed by atoms with Crippen molar-refractivity contribution in [3.8, 4) is 0 Å². The number of anilines is 1. The molecule has 1 unspecified atom stereocenters. The molecule has 3 N–H and O–H groups in total. The second-order valence-electron chi connectivity index (χ2n) is 4.72. The minimum atomic E-state index is -3.71. The summed E-state index contributed by atoms with van der Waals surface area (Å²) in [6, 6.07) is 6.14. The molecule has 0 fully saturated rings. The highest BCUT2D eigenvalue weighted by Gasteiger charge is 2.16. The molecule has 0 saturated carbocycles. The summed E-state index contributed by atoms with van der Waals surface area (Å²) in [6.07, 6.45) is 0.864. The van der Waals surface area contributed by atoms with Crippen LogP contribution in [0.2, 0.25) is 0 Å². The van der Waals surface area contributed by atoms with E-state index >= 15 is 0 Å². The molecule has 1 aromatic carbocycles. The van der Waals surface area contributed by atoms with Crippen LogP contribution in [0, 0.1) is 5.92 Å². The highest BCUT2D eigenvalue weighted by Crippen LogP contribution is 2.19. The molecule has 1 atom stereocenters. The number of aliphatic carboxylic acids is 1. The number of carboxylic acids is 1. The van der Waals surface area contributed by atoms with E-state index in [9.17, 15) is 13.2 Å². The summed E-state index contributed by atoms with van der Waals surface area (Å²) in [4.78, 5) is 12.9. The van der Waals surface area contributed by atoms with E-state index in [0.29, 0.717) is 13.1 Å². The second kappa shape index (κ2) is 6.71. The minimum Gasteiger partial charge on any atom is -0.481 e. The first-order valence-corrected chi connectivity index (χ1v) is 7.91. The Morgan fingerprint density at radius 3 is 2.30 bits per heavy atom. The van der Waals surface area contributed by atoms with E-state index in [1.165, 1.54) is 12.1 Å². The Morgan fingerprint density at radius 2 is 1.90 bits per heavy atom. The molecule has 7 heteroatoms. The van der Waals surface area contributed by atoms with E-state index < -0.39 is 21.9 Å². The summed E-state index contributed by atoms with van der Waals surface area (Å²) >= 11 is 0. The average Bonchev–Trinajstić information content (AvgIpc) is 2.37. The Balaban J connectivity index is 2.95. The smallest absolute Gasteiger partial charge is 0.308 e. The third kappa shape index (κ3) is 4.50. The molecule has 112 valence electrons. The number of carbonyl (C=O) groups is 1. The van der Waals surface area contributed by atoms with Crippen molar-refractivity contribution in [1.82, 2.24) is 0 Å². The quantitative estimate of drug-likeness (QED) is 0.789. The van der Waals surface area contributed by atoms with Gasteiger partial charge in [-0.25, -0.2) is 13.6 Å². The Bertz CT molecular complexity index is 554. The molecule has 0 heterocycles. The van der Waals surface area contributed by atoms with E-state index in [-0.39, 0.29) is 4.90 Å². The third-order valence-corrected chi connectivity index (χ3v) is 3.87. The number of benzene rings is 1.